The van der Waals surface area contributed by atoms with E-state index in [1.54, 1.807) is 0 Å². The van der Waals surface area contributed by atoms with Crippen molar-refractivity contribution in [2.24, 2.45) is 27.9 Å². The average molecular weight is 489 g/mol. The van der Waals surface area contributed by atoms with Gasteiger partial charge in [0.15, 0.2) is 5.96 Å². The van der Waals surface area contributed by atoms with E-state index < -0.39 is 73.1 Å². The summed E-state index contributed by atoms with van der Waals surface area (Å²) in [5.41, 5.74) is 20.8. The number of aliphatic imine (C=N–C) groups is 1. The molecule has 0 rings (SSSR count). The minimum Gasteiger partial charge on any atom is -0.481 e. The fraction of sp³-hybridized carbons (Fsp3) is 0.611. The molecule has 0 aliphatic heterocycles. The number of hydrogen-bond donors (Lipinski definition) is 9. The van der Waals surface area contributed by atoms with Crippen LogP contribution in [0.15, 0.2) is 4.99 Å². The lowest BCUT2D eigenvalue weighted by atomic mass is 10.1. The van der Waals surface area contributed by atoms with E-state index in [1.165, 1.54) is 0 Å². The van der Waals surface area contributed by atoms with Gasteiger partial charge in [0.25, 0.3) is 0 Å². The summed E-state index contributed by atoms with van der Waals surface area (Å²) in [7, 11) is 0. The van der Waals surface area contributed by atoms with E-state index in [4.69, 9.17) is 28.0 Å². The number of guanidine groups is 1. The molecule has 0 aromatic carbocycles. The Bertz CT molecular complexity index is 784. The molecule has 0 spiro atoms. The zero-order valence-corrected chi connectivity index (χ0v) is 18.5. The second-order valence-electron chi connectivity index (χ2n) is 7.17. The Morgan fingerprint density at radius 1 is 0.765 bits per heavy atom. The van der Waals surface area contributed by atoms with Crippen LogP contribution in [0.3, 0.4) is 0 Å². The summed E-state index contributed by atoms with van der Waals surface area (Å²) < 4.78 is 0. The summed E-state index contributed by atoms with van der Waals surface area (Å²) in [5.74, 6) is -6.13. The lowest BCUT2D eigenvalue weighted by Gasteiger charge is -2.24. The van der Waals surface area contributed by atoms with Crippen LogP contribution in [0.5, 0.6) is 0 Å². The molecular weight excluding hydrogens is 456 g/mol. The molecule has 0 saturated carbocycles. The van der Waals surface area contributed by atoms with Gasteiger partial charge in [0.1, 0.15) is 18.1 Å². The van der Waals surface area contributed by atoms with Gasteiger partial charge in [-0.15, -0.1) is 0 Å². The van der Waals surface area contributed by atoms with Crippen LogP contribution in [0, 0.1) is 0 Å². The normalized spacial score (nSPS) is 13.0. The van der Waals surface area contributed by atoms with Crippen molar-refractivity contribution in [1.29, 1.82) is 0 Å². The fourth-order valence-corrected chi connectivity index (χ4v) is 2.65. The number of carboxylic acid groups (broad SMARTS) is 2. The topological polar surface area (TPSA) is 295 Å². The van der Waals surface area contributed by atoms with Gasteiger partial charge >= 0.3 is 11.9 Å². The zero-order chi connectivity index (χ0) is 26.3. The van der Waals surface area contributed by atoms with Crippen LogP contribution in [0.25, 0.3) is 0 Å². The summed E-state index contributed by atoms with van der Waals surface area (Å²) in [4.78, 5) is 74.2. The van der Waals surface area contributed by atoms with Gasteiger partial charge in [-0.2, -0.15) is 0 Å². The van der Waals surface area contributed by atoms with Gasteiger partial charge < -0.3 is 49.1 Å². The molecule has 0 bridgehead atoms. The molecule has 13 N–H and O–H groups in total. The molecule has 0 heterocycles. The van der Waals surface area contributed by atoms with Crippen LogP contribution in [-0.4, -0.2) is 83.0 Å². The van der Waals surface area contributed by atoms with E-state index in [0.717, 1.165) is 0 Å². The molecule has 16 nitrogen and oxygen atoms in total. The molecule has 0 aliphatic rings. The highest BCUT2D eigenvalue weighted by atomic mass is 16.4. The van der Waals surface area contributed by atoms with Crippen LogP contribution in [0.2, 0.25) is 0 Å². The van der Waals surface area contributed by atoms with Crippen molar-refractivity contribution in [1.82, 2.24) is 16.0 Å². The second-order valence-corrected chi connectivity index (χ2v) is 7.17. The number of carboxylic acids is 2. The highest BCUT2D eigenvalue weighted by molar-refractivity contribution is 5.94. The Labute approximate surface area is 194 Å². The smallest absolute Gasteiger partial charge is 0.326 e. The molecule has 0 aliphatic carbocycles. The minimum absolute atomic E-state index is 0.0644. The van der Waals surface area contributed by atoms with Gasteiger partial charge in [-0.25, -0.2) is 4.79 Å². The fourth-order valence-electron chi connectivity index (χ4n) is 2.65. The SMILES string of the molecule is NCC(=O)NC(CCCN=C(N)N)C(=O)NC(CCC(N)=O)C(=O)NC(CCC(=O)O)C(=O)O. The number of nitrogens with two attached hydrogens (primary N) is 4. The number of carbonyl (C=O) groups is 6. The summed E-state index contributed by atoms with van der Waals surface area (Å²) >= 11 is 0. The predicted molar refractivity (Wildman–Crippen MR) is 118 cm³/mol. The van der Waals surface area contributed by atoms with Crippen LogP contribution in [-0.2, 0) is 28.8 Å². The standard InChI is InChI=1S/C18H32N8O8/c19-8-13(28)24-9(2-1-7-23-18(21)22)15(31)25-10(3-5-12(20)27)16(32)26-11(17(33)34)4-6-14(29)30/h9-11H,1-8,19H2,(H2,20,27)(H,24,28)(H,25,31)(H,26,32)(H,29,30)(H,33,34)(H4,21,22,23). The number of carbonyl (C=O) groups excluding carboxylic acids is 4. The summed E-state index contributed by atoms with van der Waals surface area (Å²) in [5, 5.41) is 24.9. The Morgan fingerprint density at radius 3 is 1.76 bits per heavy atom. The van der Waals surface area contributed by atoms with Crippen molar-refractivity contribution in [3.05, 3.63) is 0 Å². The molecular formula is C18H32N8O8. The maximum absolute atomic E-state index is 12.8. The van der Waals surface area contributed by atoms with E-state index in [9.17, 15) is 33.9 Å². The summed E-state index contributed by atoms with van der Waals surface area (Å²) in [6, 6.07) is -4.10. The maximum Gasteiger partial charge on any atom is 0.326 e. The first kappa shape index (κ1) is 30.1. The summed E-state index contributed by atoms with van der Waals surface area (Å²) in [6.45, 7) is -0.257. The third-order valence-electron chi connectivity index (χ3n) is 4.36. The number of nitrogens with zero attached hydrogens (tertiary/aromatic N) is 1. The first-order valence-electron chi connectivity index (χ1n) is 10.3. The second kappa shape index (κ2) is 15.8. The van der Waals surface area contributed by atoms with Crippen molar-refractivity contribution in [3.63, 3.8) is 0 Å². The molecule has 16 heteroatoms. The third kappa shape index (κ3) is 13.5. The minimum atomic E-state index is -1.55. The maximum atomic E-state index is 12.8. The van der Waals surface area contributed by atoms with Crippen molar-refractivity contribution >= 4 is 41.5 Å². The van der Waals surface area contributed by atoms with Crippen LogP contribution >= 0.6 is 0 Å². The summed E-state index contributed by atoms with van der Waals surface area (Å²) in [6.07, 6.45) is -1.20. The molecule has 0 fully saturated rings. The Kier molecular flexibility index (Phi) is 14.0. The molecule has 3 unspecified atom stereocenters. The number of primary amides is 1. The first-order valence-corrected chi connectivity index (χ1v) is 10.3. The molecule has 4 amide bonds. The molecule has 0 saturated heterocycles. The van der Waals surface area contributed by atoms with Gasteiger partial charge in [0, 0.05) is 19.4 Å². The monoisotopic (exact) mass is 488 g/mol. The molecule has 0 radical (unpaired) electrons. The highest BCUT2D eigenvalue weighted by Gasteiger charge is 2.29. The lowest BCUT2D eigenvalue weighted by Crippen LogP contribution is -2.56. The van der Waals surface area contributed by atoms with Crippen LogP contribution in [0.1, 0.15) is 38.5 Å². The molecule has 34 heavy (non-hydrogen) atoms. The lowest BCUT2D eigenvalue weighted by molar-refractivity contribution is -0.143. The highest BCUT2D eigenvalue weighted by Crippen LogP contribution is 2.05. The van der Waals surface area contributed by atoms with E-state index in [-0.39, 0.29) is 38.2 Å². The molecule has 192 valence electrons. The number of rotatable bonds is 17. The zero-order valence-electron chi connectivity index (χ0n) is 18.5. The van der Waals surface area contributed by atoms with Gasteiger partial charge in [-0.3, -0.25) is 29.0 Å². The third-order valence-corrected chi connectivity index (χ3v) is 4.36. The number of amides is 4. The van der Waals surface area contributed by atoms with Crippen molar-refractivity contribution < 1.29 is 39.0 Å². The van der Waals surface area contributed by atoms with E-state index in [1.807, 2.05) is 0 Å². The number of nitrogens with one attached hydrogen (secondary N) is 3. The Morgan fingerprint density at radius 2 is 1.29 bits per heavy atom. The van der Waals surface area contributed by atoms with E-state index in [0.29, 0.717) is 0 Å². The van der Waals surface area contributed by atoms with E-state index in [2.05, 4.69) is 20.9 Å². The molecule has 3 atom stereocenters. The van der Waals surface area contributed by atoms with Gasteiger partial charge in [-0.05, 0) is 25.7 Å². The predicted octanol–water partition coefficient (Wildman–Crippen LogP) is -4.33. The van der Waals surface area contributed by atoms with E-state index >= 15 is 0 Å². The largest absolute Gasteiger partial charge is 0.481 e. The van der Waals surface area contributed by atoms with Crippen LogP contribution in [0.4, 0.5) is 0 Å². The number of hydrogen-bond acceptors (Lipinski definition) is 8. The molecule has 0 aromatic rings. The Hall–Kier alpha value is -3.95. The van der Waals surface area contributed by atoms with Gasteiger partial charge in [0.2, 0.25) is 23.6 Å². The van der Waals surface area contributed by atoms with Crippen molar-refractivity contribution in [3.8, 4) is 0 Å². The van der Waals surface area contributed by atoms with Crippen LogP contribution < -0.4 is 38.9 Å². The first-order chi connectivity index (χ1) is 15.9. The van der Waals surface area contributed by atoms with Crippen molar-refractivity contribution in [2.75, 3.05) is 13.1 Å². The number of aliphatic carboxylic acids is 2. The van der Waals surface area contributed by atoms with Gasteiger partial charge in [-0.1, -0.05) is 0 Å². The Balaban J connectivity index is 5.47. The average Bonchev–Trinajstić information content (AvgIpc) is 2.74. The quantitative estimate of drug-likeness (QED) is 0.0535. The van der Waals surface area contributed by atoms with Gasteiger partial charge in [0.05, 0.1) is 6.54 Å². The molecule has 0 aromatic heterocycles. The van der Waals surface area contributed by atoms with Crippen molar-refractivity contribution in [2.45, 2.75) is 56.7 Å².